The second-order valence-corrected chi connectivity index (χ2v) is 9.27. The summed E-state index contributed by atoms with van der Waals surface area (Å²) in [6, 6.07) is 3.97. The van der Waals surface area contributed by atoms with E-state index in [0.29, 0.717) is 29.7 Å². The summed E-state index contributed by atoms with van der Waals surface area (Å²) in [5.74, 6) is -0.353. The Bertz CT molecular complexity index is 1270. The van der Waals surface area contributed by atoms with Gasteiger partial charge in [0.2, 0.25) is 0 Å². The molecule has 9 heteroatoms. The minimum atomic E-state index is -4.24. The number of imidazole rings is 1. The number of fused-ring (bicyclic) bond motifs is 1. The number of nitrogens with one attached hydrogen (secondary N) is 2. The van der Waals surface area contributed by atoms with Gasteiger partial charge in [-0.25, -0.2) is 4.98 Å². The Balaban J connectivity index is 1.64. The highest BCUT2D eigenvalue weighted by Crippen LogP contribution is 2.39. The summed E-state index contributed by atoms with van der Waals surface area (Å²) >= 11 is 0. The van der Waals surface area contributed by atoms with Crippen molar-refractivity contribution >= 4 is 23.3 Å². The average Bonchev–Trinajstić information content (AvgIpc) is 3.44. The molecule has 2 N–H and O–H groups in total. The van der Waals surface area contributed by atoms with Gasteiger partial charge in [-0.1, -0.05) is 36.8 Å². The van der Waals surface area contributed by atoms with Crippen molar-refractivity contribution in [2.45, 2.75) is 57.7 Å². The molecule has 2 aromatic heterocycles. The standard InChI is InChI=1S/C26H28F3N5O/c1-4-5-18-12-21(31-11-10-26(27,28)29)23-32-13-22(34(23)14-18)19-6-7-20(17(3)16(19)2)24(35)33-25(15-30)8-9-25/h4-7,12-14,16,19,31H,8-11H2,1-3H3,(H,33,35). The van der Waals surface area contributed by atoms with Crippen molar-refractivity contribution in [2.75, 3.05) is 11.9 Å². The predicted octanol–water partition coefficient (Wildman–Crippen LogP) is 5.51. The maximum Gasteiger partial charge on any atom is 0.390 e. The third-order valence-electron chi connectivity index (χ3n) is 6.76. The summed E-state index contributed by atoms with van der Waals surface area (Å²) in [5.41, 5.74) is 3.52. The zero-order valence-corrected chi connectivity index (χ0v) is 19.9. The molecule has 2 heterocycles. The first-order valence-electron chi connectivity index (χ1n) is 11.6. The van der Waals surface area contributed by atoms with Crippen LogP contribution in [0.5, 0.6) is 0 Å². The Labute approximate surface area is 202 Å². The molecule has 2 atom stereocenters. The largest absolute Gasteiger partial charge is 0.390 e. The van der Waals surface area contributed by atoms with Crippen molar-refractivity contribution < 1.29 is 18.0 Å². The van der Waals surface area contributed by atoms with E-state index in [4.69, 9.17) is 0 Å². The second-order valence-electron chi connectivity index (χ2n) is 9.27. The number of hydrogen-bond acceptors (Lipinski definition) is 4. The van der Waals surface area contributed by atoms with Crippen LogP contribution in [0, 0.1) is 17.2 Å². The fourth-order valence-electron chi connectivity index (χ4n) is 4.42. The molecule has 0 radical (unpaired) electrons. The number of pyridine rings is 1. The quantitative estimate of drug-likeness (QED) is 0.544. The van der Waals surface area contributed by atoms with Gasteiger partial charge in [0.1, 0.15) is 5.54 Å². The number of nitrogens with zero attached hydrogens (tertiary/aromatic N) is 3. The van der Waals surface area contributed by atoms with E-state index in [9.17, 15) is 23.2 Å². The van der Waals surface area contributed by atoms with Crippen LogP contribution in [-0.4, -0.2) is 33.6 Å². The number of rotatable bonds is 7. The zero-order chi connectivity index (χ0) is 25.4. The van der Waals surface area contributed by atoms with Gasteiger partial charge >= 0.3 is 6.18 Å². The Morgan fingerprint density at radius 3 is 2.77 bits per heavy atom. The van der Waals surface area contributed by atoms with Crippen LogP contribution in [0.25, 0.3) is 11.7 Å². The molecule has 2 aliphatic rings. The summed E-state index contributed by atoms with van der Waals surface area (Å²) in [5, 5.41) is 15.0. The number of anilines is 1. The highest BCUT2D eigenvalue weighted by atomic mass is 19.4. The normalized spacial score (nSPS) is 21.4. The number of halogens is 3. The highest BCUT2D eigenvalue weighted by molar-refractivity contribution is 5.98. The summed E-state index contributed by atoms with van der Waals surface area (Å²) in [7, 11) is 0. The molecule has 184 valence electrons. The van der Waals surface area contributed by atoms with Crippen molar-refractivity contribution in [3.8, 4) is 6.07 Å². The van der Waals surface area contributed by atoms with Crippen LogP contribution in [0.4, 0.5) is 18.9 Å². The van der Waals surface area contributed by atoms with Crippen LogP contribution >= 0.6 is 0 Å². The fraction of sp³-hybridized carbons (Fsp3) is 0.423. The maximum absolute atomic E-state index is 12.8. The van der Waals surface area contributed by atoms with Crippen molar-refractivity contribution in [1.29, 1.82) is 5.26 Å². The molecular formula is C26H28F3N5O. The molecule has 0 aliphatic heterocycles. The molecule has 0 saturated heterocycles. The zero-order valence-electron chi connectivity index (χ0n) is 19.9. The summed E-state index contributed by atoms with van der Waals surface area (Å²) in [4.78, 5) is 17.3. The van der Waals surface area contributed by atoms with Crippen LogP contribution < -0.4 is 10.6 Å². The van der Waals surface area contributed by atoms with E-state index in [1.165, 1.54) is 0 Å². The number of allylic oxidation sites excluding steroid dienone is 3. The number of amides is 1. The van der Waals surface area contributed by atoms with Gasteiger partial charge in [-0.3, -0.25) is 4.79 Å². The molecular weight excluding hydrogens is 455 g/mol. The van der Waals surface area contributed by atoms with E-state index in [2.05, 4.69) is 21.7 Å². The van der Waals surface area contributed by atoms with E-state index in [-0.39, 0.29) is 24.3 Å². The topological polar surface area (TPSA) is 82.2 Å². The molecule has 2 unspecified atom stereocenters. The second kappa shape index (κ2) is 9.25. The molecule has 35 heavy (non-hydrogen) atoms. The average molecular weight is 484 g/mol. The molecule has 0 aromatic carbocycles. The van der Waals surface area contributed by atoms with Gasteiger partial charge in [0.15, 0.2) is 5.65 Å². The van der Waals surface area contributed by atoms with Crippen LogP contribution in [0.15, 0.2) is 47.8 Å². The predicted molar refractivity (Wildman–Crippen MR) is 129 cm³/mol. The van der Waals surface area contributed by atoms with Crippen molar-refractivity contribution in [2.24, 2.45) is 5.92 Å². The van der Waals surface area contributed by atoms with E-state index < -0.39 is 18.1 Å². The van der Waals surface area contributed by atoms with Crippen LogP contribution in [0.1, 0.15) is 57.2 Å². The molecule has 4 rings (SSSR count). The lowest BCUT2D eigenvalue weighted by Crippen LogP contribution is -2.37. The van der Waals surface area contributed by atoms with Crippen LogP contribution in [0.2, 0.25) is 0 Å². The lowest BCUT2D eigenvalue weighted by Gasteiger charge is -2.27. The molecule has 1 saturated carbocycles. The minimum absolute atomic E-state index is 0.0232. The van der Waals surface area contributed by atoms with Gasteiger partial charge in [-0.2, -0.15) is 18.4 Å². The van der Waals surface area contributed by atoms with Gasteiger partial charge < -0.3 is 15.0 Å². The number of aromatic nitrogens is 2. The number of nitriles is 1. The third-order valence-corrected chi connectivity index (χ3v) is 6.76. The number of carbonyl (C=O) groups excluding carboxylic acids is 1. The van der Waals surface area contributed by atoms with E-state index in [1.807, 2.05) is 49.6 Å². The Morgan fingerprint density at radius 1 is 1.40 bits per heavy atom. The van der Waals surface area contributed by atoms with Crippen molar-refractivity contribution in [1.82, 2.24) is 14.7 Å². The first-order chi connectivity index (χ1) is 16.6. The van der Waals surface area contributed by atoms with E-state index in [1.54, 1.807) is 18.3 Å². The molecule has 0 spiro atoms. The molecule has 0 bridgehead atoms. The SMILES string of the molecule is CC=Cc1cc(NCCC(F)(F)F)c2ncc(C3C=CC(C(=O)NC4(C#N)CC4)=C(C)C3C)n2c1. The molecule has 1 fully saturated rings. The van der Waals surface area contributed by atoms with Gasteiger partial charge in [-0.15, -0.1) is 0 Å². The van der Waals surface area contributed by atoms with E-state index >= 15 is 0 Å². The maximum atomic E-state index is 12.8. The monoisotopic (exact) mass is 483 g/mol. The van der Waals surface area contributed by atoms with E-state index in [0.717, 1.165) is 16.8 Å². The molecule has 2 aliphatic carbocycles. The van der Waals surface area contributed by atoms with Gasteiger partial charge in [-0.05, 0) is 44.2 Å². The van der Waals surface area contributed by atoms with Gasteiger partial charge in [0.05, 0.1) is 18.2 Å². The molecule has 6 nitrogen and oxygen atoms in total. The first kappa shape index (κ1) is 24.6. The summed E-state index contributed by atoms with van der Waals surface area (Å²) in [6.45, 7) is 5.58. The Morgan fingerprint density at radius 2 is 2.14 bits per heavy atom. The highest BCUT2D eigenvalue weighted by Gasteiger charge is 2.45. The number of hydrogen-bond donors (Lipinski definition) is 2. The number of carbonyl (C=O) groups is 1. The van der Waals surface area contributed by atoms with Gasteiger partial charge in [0, 0.05) is 36.1 Å². The fourth-order valence-corrected chi connectivity index (χ4v) is 4.42. The lowest BCUT2D eigenvalue weighted by molar-refractivity contribution is -0.131. The molecule has 2 aromatic rings. The van der Waals surface area contributed by atoms with Crippen LogP contribution in [0.3, 0.4) is 0 Å². The van der Waals surface area contributed by atoms with Gasteiger partial charge in [0.25, 0.3) is 5.91 Å². The lowest BCUT2D eigenvalue weighted by atomic mass is 9.79. The first-order valence-corrected chi connectivity index (χ1v) is 11.6. The Hall–Kier alpha value is -3.54. The summed E-state index contributed by atoms with van der Waals surface area (Å²) in [6.07, 6.45) is 7.31. The smallest absolute Gasteiger partial charge is 0.382 e. The minimum Gasteiger partial charge on any atom is -0.382 e. The van der Waals surface area contributed by atoms with Crippen molar-refractivity contribution in [3.05, 3.63) is 59.1 Å². The Kier molecular flexibility index (Phi) is 6.50. The number of alkyl halides is 3. The van der Waals surface area contributed by atoms with Crippen LogP contribution in [-0.2, 0) is 4.79 Å². The third kappa shape index (κ3) is 5.11. The summed E-state index contributed by atoms with van der Waals surface area (Å²) < 4.78 is 39.9. The molecule has 1 amide bonds. The van der Waals surface area contributed by atoms with Crippen molar-refractivity contribution in [3.63, 3.8) is 0 Å².